The van der Waals surface area contributed by atoms with Gasteiger partial charge in [0.1, 0.15) is 5.82 Å². The van der Waals surface area contributed by atoms with Gasteiger partial charge in [0.25, 0.3) is 5.91 Å². The fourth-order valence-electron chi connectivity index (χ4n) is 2.68. The maximum Gasteiger partial charge on any atom is 0.413 e. The molecule has 1 aliphatic rings. The maximum absolute atomic E-state index is 13.2. The van der Waals surface area contributed by atoms with E-state index in [1.807, 2.05) is 0 Å². The lowest BCUT2D eigenvalue weighted by Crippen LogP contribution is -3.19. The summed E-state index contributed by atoms with van der Waals surface area (Å²) < 4.78 is 44.2. The van der Waals surface area contributed by atoms with Gasteiger partial charge in [-0.2, -0.15) is 4.31 Å². The van der Waals surface area contributed by atoms with Crippen LogP contribution in [0.2, 0.25) is 5.02 Å². The Balaban J connectivity index is 2.02. The van der Waals surface area contributed by atoms with Crippen LogP contribution in [-0.2, 0) is 19.6 Å². The molecule has 26 heavy (non-hydrogen) atoms. The molecule has 11 heteroatoms. The summed E-state index contributed by atoms with van der Waals surface area (Å²) in [6, 6.07) is 2.72. The van der Waals surface area contributed by atoms with Crippen molar-refractivity contribution >= 4 is 33.6 Å². The van der Waals surface area contributed by atoms with Crippen LogP contribution in [0.1, 0.15) is 6.92 Å². The zero-order valence-corrected chi connectivity index (χ0v) is 15.9. The number of hydrogen-bond donors (Lipinski definition) is 2. The van der Waals surface area contributed by atoms with Crippen LogP contribution in [0.5, 0.6) is 0 Å². The number of hydrogen-bond acceptors (Lipinski definition) is 5. The number of carbonyl (C=O) groups is 2. The van der Waals surface area contributed by atoms with Crippen molar-refractivity contribution in [3.63, 3.8) is 0 Å². The molecule has 1 aromatic carbocycles. The molecule has 0 aromatic heterocycles. The Morgan fingerprint density at radius 1 is 1.35 bits per heavy atom. The van der Waals surface area contributed by atoms with Gasteiger partial charge in [0.15, 0.2) is 6.04 Å². The molecule has 144 valence electrons. The lowest BCUT2D eigenvalue weighted by atomic mass is 10.2. The molecule has 1 saturated heterocycles. The number of piperazine rings is 1. The van der Waals surface area contributed by atoms with Crippen LogP contribution in [0.4, 0.5) is 9.18 Å². The molecular weight excluding hydrogens is 389 g/mol. The highest BCUT2D eigenvalue weighted by Crippen LogP contribution is 2.22. The molecule has 1 fully saturated rings. The van der Waals surface area contributed by atoms with Crippen LogP contribution < -0.4 is 10.2 Å². The second kappa shape index (κ2) is 8.30. The molecule has 0 spiro atoms. The average molecular weight is 409 g/mol. The number of carbonyl (C=O) groups excluding carboxylic acids is 2. The first kappa shape index (κ1) is 20.6. The number of alkyl carbamates (subject to hydrolysis) is 1. The number of benzene rings is 1. The summed E-state index contributed by atoms with van der Waals surface area (Å²) in [6.45, 7) is 2.77. The van der Waals surface area contributed by atoms with Gasteiger partial charge in [-0.3, -0.25) is 10.1 Å². The zero-order chi connectivity index (χ0) is 19.5. The Hall–Kier alpha value is -1.75. The number of methoxy groups -OCH3 is 1. The summed E-state index contributed by atoms with van der Waals surface area (Å²) in [5.74, 6) is -1.18. The minimum Gasteiger partial charge on any atom is -0.453 e. The molecule has 2 N–H and O–H groups in total. The Bertz CT molecular complexity index is 796. The fourth-order valence-corrected chi connectivity index (χ4v) is 4.39. The maximum atomic E-state index is 13.2. The number of imide groups is 1. The van der Waals surface area contributed by atoms with Gasteiger partial charge < -0.3 is 9.64 Å². The molecule has 0 bridgehead atoms. The van der Waals surface area contributed by atoms with Crippen molar-refractivity contribution in [1.82, 2.24) is 9.62 Å². The summed E-state index contributed by atoms with van der Waals surface area (Å²) in [7, 11) is -2.64. The minimum absolute atomic E-state index is 0.0798. The molecule has 0 unspecified atom stereocenters. The predicted molar refractivity (Wildman–Crippen MR) is 90.9 cm³/mol. The van der Waals surface area contributed by atoms with Crippen molar-refractivity contribution in [2.75, 3.05) is 33.3 Å². The first-order valence-corrected chi connectivity index (χ1v) is 9.67. The normalized spacial score (nSPS) is 17.5. The largest absolute Gasteiger partial charge is 0.453 e. The first-order chi connectivity index (χ1) is 12.2. The Morgan fingerprint density at radius 2 is 1.96 bits per heavy atom. The second-order valence-corrected chi connectivity index (χ2v) is 8.19. The summed E-state index contributed by atoms with van der Waals surface area (Å²) in [5.41, 5.74) is 0. The Labute approximate surface area is 155 Å². The van der Waals surface area contributed by atoms with Gasteiger partial charge in [0, 0.05) is 0 Å². The lowest BCUT2D eigenvalue weighted by Gasteiger charge is -2.34. The first-order valence-electron chi connectivity index (χ1n) is 7.85. The van der Waals surface area contributed by atoms with Crippen molar-refractivity contribution in [3.8, 4) is 0 Å². The van der Waals surface area contributed by atoms with Crippen molar-refractivity contribution in [2.24, 2.45) is 0 Å². The standard InChI is InChI=1S/C15H19ClFN3O5S/c1-10(14(21)18-15(22)25-2)19-5-7-20(8-6-19)26(23,24)11-3-4-13(17)12(16)9-11/h3-4,9-10H,5-8H2,1-2H3,(H,18,21,22)/p+1/t10-/m0/s1. The van der Waals surface area contributed by atoms with E-state index in [2.05, 4.69) is 10.1 Å². The number of rotatable bonds is 4. The molecule has 2 amide bonds. The van der Waals surface area contributed by atoms with Crippen molar-refractivity contribution in [3.05, 3.63) is 29.0 Å². The smallest absolute Gasteiger partial charge is 0.413 e. The van der Waals surface area contributed by atoms with Crippen LogP contribution in [0, 0.1) is 5.82 Å². The van der Waals surface area contributed by atoms with E-state index in [1.54, 1.807) is 6.92 Å². The van der Waals surface area contributed by atoms with E-state index in [0.29, 0.717) is 13.1 Å². The van der Waals surface area contributed by atoms with Gasteiger partial charge in [0.2, 0.25) is 10.0 Å². The van der Waals surface area contributed by atoms with E-state index in [9.17, 15) is 22.4 Å². The number of ether oxygens (including phenoxy) is 1. The average Bonchev–Trinajstić information content (AvgIpc) is 2.63. The molecule has 1 aromatic rings. The molecule has 0 aliphatic carbocycles. The van der Waals surface area contributed by atoms with E-state index in [0.717, 1.165) is 24.1 Å². The Kier molecular flexibility index (Phi) is 6.56. The summed E-state index contributed by atoms with van der Waals surface area (Å²) in [5, 5.41) is 1.84. The van der Waals surface area contributed by atoms with E-state index < -0.39 is 33.9 Å². The van der Waals surface area contributed by atoms with E-state index >= 15 is 0 Å². The number of nitrogens with one attached hydrogen (secondary N) is 2. The van der Waals surface area contributed by atoms with Crippen LogP contribution in [0.3, 0.4) is 0 Å². The van der Waals surface area contributed by atoms with E-state index in [4.69, 9.17) is 11.6 Å². The quantitative estimate of drug-likeness (QED) is 0.709. The fraction of sp³-hybridized carbons (Fsp3) is 0.467. The van der Waals surface area contributed by atoms with Gasteiger partial charge in [-0.15, -0.1) is 0 Å². The lowest BCUT2D eigenvalue weighted by molar-refractivity contribution is -0.917. The van der Waals surface area contributed by atoms with Gasteiger partial charge >= 0.3 is 6.09 Å². The topological polar surface area (TPSA) is 97.2 Å². The number of nitrogens with zero attached hydrogens (tertiary/aromatic N) is 1. The summed E-state index contributed by atoms with van der Waals surface area (Å²) in [6.07, 6.45) is -0.837. The molecule has 2 rings (SSSR count). The molecule has 1 atom stereocenters. The SMILES string of the molecule is COC(=O)NC(=O)[C@H](C)[NH+]1CCN(S(=O)(=O)c2ccc(F)c(Cl)c2)CC1. The van der Waals surface area contributed by atoms with Crippen molar-refractivity contribution < 1.29 is 32.0 Å². The third-order valence-electron chi connectivity index (χ3n) is 4.31. The Morgan fingerprint density at radius 3 is 2.50 bits per heavy atom. The molecular formula is C15H20ClFN3O5S+. The predicted octanol–water partition coefficient (Wildman–Crippen LogP) is -0.361. The van der Waals surface area contributed by atoms with Crippen LogP contribution in [-0.4, -0.2) is 64.1 Å². The van der Waals surface area contributed by atoms with Crippen molar-refractivity contribution in [2.45, 2.75) is 17.9 Å². The minimum atomic E-state index is -3.80. The highest BCUT2D eigenvalue weighted by molar-refractivity contribution is 7.89. The number of halogens is 2. The zero-order valence-electron chi connectivity index (χ0n) is 14.3. The van der Waals surface area contributed by atoms with Crippen LogP contribution in [0.15, 0.2) is 23.1 Å². The third-order valence-corrected chi connectivity index (χ3v) is 6.49. The number of quaternary nitrogens is 1. The second-order valence-electron chi connectivity index (χ2n) is 5.84. The van der Waals surface area contributed by atoms with Gasteiger partial charge in [0.05, 0.1) is 43.2 Å². The number of sulfonamides is 1. The van der Waals surface area contributed by atoms with Crippen LogP contribution in [0.25, 0.3) is 0 Å². The number of amides is 2. The van der Waals surface area contributed by atoms with Gasteiger partial charge in [-0.1, -0.05) is 11.6 Å². The highest BCUT2D eigenvalue weighted by atomic mass is 35.5. The van der Waals surface area contributed by atoms with Gasteiger partial charge in [-0.25, -0.2) is 17.6 Å². The molecule has 8 nitrogen and oxygen atoms in total. The summed E-state index contributed by atoms with van der Waals surface area (Å²) >= 11 is 5.67. The third kappa shape index (κ3) is 4.50. The van der Waals surface area contributed by atoms with E-state index in [-0.39, 0.29) is 23.0 Å². The van der Waals surface area contributed by atoms with E-state index in [1.165, 1.54) is 10.4 Å². The van der Waals surface area contributed by atoms with Crippen molar-refractivity contribution in [1.29, 1.82) is 0 Å². The highest BCUT2D eigenvalue weighted by Gasteiger charge is 2.35. The monoisotopic (exact) mass is 408 g/mol. The molecule has 1 heterocycles. The molecule has 0 saturated carbocycles. The van der Waals surface area contributed by atoms with Crippen LogP contribution >= 0.6 is 11.6 Å². The molecule has 0 radical (unpaired) electrons. The molecule has 1 aliphatic heterocycles. The van der Waals surface area contributed by atoms with Gasteiger partial charge in [-0.05, 0) is 25.1 Å². The summed E-state index contributed by atoms with van der Waals surface area (Å²) in [4.78, 5) is 23.8.